The van der Waals surface area contributed by atoms with Crippen molar-refractivity contribution in [2.45, 2.75) is 20.3 Å². The summed E-state index contributed by atoms with van der Waals surface area (Å²) in [5, 5.41) is 6.21. The first kappa shape index (κ1) is 17.9. The van der Waals surface area contributed by atoms with Crippen LogP contribution in [0.25, 0.3) is 0 Å². The number of pyridine rings is 1. The first-order chi connectivity index (χ1) is 11.4. The summed E-state index contributed by atoms with van der Waals surface area (Å²) in [5.41, 5.74) is 3.96. The maximum Gasteiger partial charge on any atom is 0.251 e. The summed E-state index contributed by atoms with van der Waals surface area (Å²) in [6.45, 7) is 5.74. The van der Waals surface area contributed by atoms with Crippen molar-refractivity contribution < 1.29 is 4.79 Å². The van der Waals surface area contributed by atoms with Gasteiger partial charge in [0, 0.05) is 24.0 Å². The highest BCUT2D eigenvalue weighted by Gasteiger charge is 2.07. The summed E-state index contributed by atoms with van der Waals surface area (Å²) >= 11 is 0. The highest BCUT2D eigenvalue weighted by atomic mass is 16.1. The van der Waals surface area contributed by atoms with E-state index in [1.54, 1.807) is 18.3 Å². The van der Waals surface area contributed by atoms with E-state index in [2.05, 4.69) is 52.6 Å². The van der Waals surface area contributed by atoms with Crippen molar-refractivity contribution in [3.8, 4) is 0 Å². The SMILES string of the molecule is Cc1cc(C)cc(Nc2cc(C(=O)NCCCN(C)C)ccn2)c1. The molecule has 5 heteroatoms. The molecule has 0 radical (unpaired) electrons. The Morgan fingerprint density at radius 1 is 1.12 bits per heavy atom. The Morgan fingerprint density at radius 2 is 1.83 bits per heavy atom. The van der Waals surface area contributed by atoms with Crippen LogP contribution in [0.3, 0.4) is 0 Å². The fraction of sp³-hybridized carbons (Fsp3) is 0.368. The molecule has 0 aliphatic rings. The zero-order valence-electron chi connectivity index (χ0n) is 14.9. The summed E-state index contributed by atoms with van der Waals surface area (Å²) in [5.74, 6) is 0.598. The Balaban J connectivity index is 1.99. The third-order valence-corrected chi connectivity index (χ3v) is 3.58. The van der Waals surface area contributed by atoms with Gasteiger partial charge in [-0.05, 0) is 76.3 Å². The van der Waals surface area contributed by atoms with Gasteiger partial charge in [0.2, 0.25) is 0 Å². The largest absolute Gasteiger partial charge is 0.352 e. The molecule has 0 fully saturated rings. The van der Waals surface area contributed by atoms with E-state index in [1.807, 2.05) is 14.1 Å². The first-order valence-electron chi connectivity index (χ1n) is 8.18. The second-order valence-electron chi connectivity index (χ2n) is 6.34. The molecular weight excluding hydrogens is 300 g/mol. The standard InChI is InChI=1S/C19H26N4O/c1-14-10-15(2)12-17(11-14)22-18-13-16(6-8-20-18)19(24)21-7-5-9-23(3)4/h6,8,10-13H,5,7,9H2,1-4H3,(H,20,22)(H,21,24). The average Bonchev–Trinajstić information content (AvgIpc) is 2.50. The number of anilines is 2. The fourth-order valence-corrected chi connectivity index (χ4v) is 2.53. The van der Waals surface area contributed by atoms with Crippen molar-refractivity contribution in [3.05, 3.63) is 53.2 Å². The first-order valence-corrected chi connectivity index (χ1v) is 8.18. The van der Waals surface area contributed by atoms with Gasteiger partial charge in [0.15, 0.2) is 0 Å². The zero-order chi connectivity index (χ0) is 17.5. The molecule has 0 bridgehead atoms. The lowest BCUT2D eigenvalue weighted by Crippen LogP contribution is -2.27. The molecule has 1 aromatic heterocycles. The molecule has 0 spiro atoms. The van der Waals surface area contributed by atoms with Gasteiger partial charge in [0.05, 0.1) is 0 Å². The van der Waals surface area contributed by atoms with Crippen molar-refractivity contribution in [2.75, 3.05) is 32.5 Å². The Kier molecular flexibility index (Phi) is 6.32. The van der Waals surface area contributed by atoms with E-state index in [-0.39, 0.29) is 5.91 Å². The van der Waals surface area contributed by atoms with Gasteiger partial charge in [-0.1, -0.05) is 6.07 Å². The molecular formula is C19H26N4O. The number of nitrogens with one attached hydrogen (secondary N) is 2. The average molecular weight is 326 g/mol. The predicted molar refractivity (Wildman–Crippen MR) is 98.9 cm³/mol. The zero-order valence-corrected chi connectivity index (χ0v) is 14.9. The number of aromatic nitrogens is 1. The van der Waals surface area contributed by atoms with Gasteiger partial charge in [0.25, 0.3) is 5.91 Å². The number of benzene rings is 1. The van der Waals surface area contributed by atoms with E-state index in [1.165, 1.54) is 11.1 Å². The van der Waals surface area contributed by atoms with Crippen molar-refractivity contribution in [1.82, 2.24) is 15.2 Å². The third kappa shape index (κ3) is 5.66. The second-order valence-corrected chi connectivity index (χ2v) is 6.34. The molecule has 1 amide bonds. The number of aryl methyl sites for hydroxylation is 2. The smallest absolute Gasteiger partial charge is 0.251 e. The van der Waals surface area contributed by atoms with Crippen LogP contribution in [0.2, 0.25) is 0 Å². The van der Waals surface area contributed by atoms with Gasteiger partial charge in [-0.15, -0.1) is 0 Å². The van der Waals surface area contributed by atoms with E-state index in [0.717, 1.165) is 18.7 Å². The Labute approximate surface area is 144 Å². The minimum Gasteiger partial charge on any atom is -0.352 e. The molecule has 2 rings (SSSR count). The van der Waals surface area contributed by atoms with Gasteiger partial charge in [0.1, 0.15) is 5.82 Å². The minimum atomic E-state index is -0.0698. The predicted octanol–water partition coefficient (Wildman–Crippen LogP) is 3.12. The topological polar surface area (TPSA) is 57.3 Å². The van der Waals surface area contributed by atoms with Crippen molar-refractivity contribution in [2.24, 2.45) is 0 Å². The van der Waals surface area contributed by atoms with Crippen molar-refractivity contribution in [1.29, 1.82) is 0 Å². The molecule has 5 nitrogen and oxygen atoms in total. The van der Waals surface area contributed by atoms with Crippen LogP contribution in [-0.2, 0) is 0 Å². The number of rotatable bonds is 7. The highest BCUT2D eigenvalue weighted by molar-refractivity contribution is 5.94. The van der Waals surface area contributed by atoms with Crippen LogP contribution in [0.15, 0.2) is 36.5 Å². The molecule has 2 aromatic rings. The summed E-state index contributed by atoms with van der Waals surface area (Å²) in [6, 6.07) is 9.74. The summed E-state index contributed by atoms with van der Waals surface area (Å²) in [4.78, 5) is 18.6. The molecule has 0 aliphatic heterocycles. The normalized spacial score (nSPS) is 10.7. The lowest BCUT2D eigenvalue weighted by Gasteiger charge is -2.11. The van der Waals surface area contributed by atoms with Crippen LogP contribution in [0.4, 0.5) is 11.5 Å². The number of hydrogen-bond acceptors (Lipinski definition) is 4. The lowest BCUT2D eigenvalue weighted by molar-refractivity contribution is 0.0952. The molecule has 0 atom stereocenters. The quantitative estimate of drug-likeness (QED) is 0.768. The van der Waals surface area contributed by atoms with Crippen LogP contribution in [-0.4, -0.2) is 43.0 Å². The van der Waals surface area contributed by atoms with Gasteiger partial charge >= 0.3 is 0 Å². The molecule has 1 heterocycles. The van der Waals surface area contributed by atoms with Gasteiger partial charge < -0.3 is 15.5 Å². The van der Waals surface area contributed by atoms with Crippen molar-refractivity contribution in [3.63, 3.8) is 0 Å². The van der Waals surface area contributed by atoms with Crippen LogP contribution in [0, 0.1) is 13.8 Å². The molecule has 1 aromatic carbocycles. The number of nitrogens with zero attached hydrogens (tertiary/aromatic N) is 2. The van der Waals surface area contributed by atoms with Crippen LogP contribution in [0.1, 0.15) is 27.9 Å². The van der Waals surface area contributed by atoms with E-state index in [9.17, 15) is 4.79 Å². The minimum absolute atomic E-state index is 0.0698. The highest BCUT2D eigenvalue weighted by Crippen LogP contribution is 2.18. The summed E-state index contributed by atoms with van der Waals surface area (Å²) < 4.78 is 0. The monoisotopic (exact) mass is 326 g/mol. The lowest BCUT2D eigenvalue weighted by atomic mass is 10.1. The third-order valence-electron chi connectivity index (χ3n) is 3.58. The van der Waals surface area contributed by atoms with Crippen LogP contribution >= 0.6 is 0 Å². The Bertz CT molecular complexity index is 677. The van der Waals surface area contributed by atoms with E-state index in [4.69, 9.17) is 0 Å². The molecule has 24 heavy (non-hydrogen) atoms. The molecule has 2 N–H and O–H groups in total. The summed E-state index contributed by atoms with van der Waals surface area (Å²) in [7, 11) is 4.05. The molecule has 0 unspecified atom stereocenters. The van der Waals surface area contributed by atoms with Gasteiger partial charge in [-0.25, -0.2) is 4.98 Å². The Morgan fingerprint density at radius 3 is 2.50 bits per heavy atom. The van der Waals surface area contributed by atoms with Crippen LogP contribution < -0.4 is 10.6 Å². The van der Waals surface area contributed by atoms with E-state index >= 15 is 0 Å². The molecule has 0 saturated heterocycles. The van der Waals surface area contributed by atoms with Crippen molar-refractivity contribution >= 4 is 17.4 Å². The van der Waals surface area contributed by atoms with Crippen LogP contribution in [0.5, 0.6) is 0 Å². The van der Waals surface area contributed by atoms with E-state index in [0.29, 0.717) is 17.9 Å². The molecule has 0 saturated carbocycles. The Hall–Kier alpha value is -2.40. The molecule has 128 valence electrons. The van der Waals surface area contributed by atoms with E-state index < -0.39 is 0 Å². The van der Waals surface area contributed by atoms with Gasteiger partial charge in [-0.3, -0.25) is 4.79 Å². The summed E-state index contributed by atoms with van der Waals surface area (Å²) in [6.07, 6.45) is 2.58. The number of amides is 1. The number of hydrogen-bond donors (Lipinski definition) is 2. The fourth-order valence-electron chi connectivity index (χ4n) is 2.53. The maximum atomic E-state index is 12.2. The molecule has 0 aliphatic carbocycles. The second kappa shape index (κ2) is 8.45. The number of carbonyl (C=O) groups excluding carboxylic acids is 1. The maximum absolute atomic E-state index is 12.2. The number of carbonyl (C=O) groups is 1. The van der Waals surface area contributed by atoms with Gasteiger partial charge in [-0.2, -0.15) is 0 Å².